The van der Waals surface area contributed by atoms with E-state index in [0.717, 1.165) is 6.54 Å². The molecule has 1 aromatic rings. The van der Waals surface area contributed by atoms with Gasteiger partial charge in [-0.05, 0) is 26.7 Å². The monoisotopic (exact) mass is 250 g/mol. The molecule has 1 aromatic heterocycles. The molecule has 0 unspecified atom stereocenters. The van der Waals surface area contributed by atoms with Gasteiger partial charge in [0.15, 0.2) is 0 Å². The molecule has 0 radical (unpaired) electrons. The first-order valence-electron chi connectivity index (χ1n) is 6.96. The van der Waals surface area contributed by atoms with Crippen LogP contribution in [0.25, 0.3) is 0 Å². The van der Waals surface area contributed by atoms with E-state index in [1.807, 2.05) is 17.9 Å². The Hall–Kier alpha value is -0.870. The molecular weight excluding hydrogens is 224 g/mol. The van der Waals surface area contributed by atoms with Crippen LogP contribution < -0.4 is 5.32 Å². The van der Waals surface area contributed by atoms with Crippen molar-refractivity contribution in [3.8, 4) is 0 Å². The van der Waals surface area contributed by atoms with Gasteiger partial charge in [-0.15, -0.1) is 0 Å². The molecule has 4 nitrogen and oxygen atoms in total. The molecule has 0 bridgehead atoms. The van der Waals surface area contributed by atoms with E-state index in [1.165, 1.54) is 12.1 Å². The molecule has 0 spiro atoms. The highest BCUT2D eigenvalue weighted by Gasteiger charge is 2.31. The third kappa shape index (κ3) is 2.93. The lowest BCUT2D eigenvalue weighted by molar-refractivity contribution is 0.263. The number of aryl methyl sites for hydroxylation is 1. The SMILES string of the molecule is CC(C)N1C[C@H](C)[C@H](N[C@@H](C)c2cnn(C)c2)C1. The highest BCUT2D eigenvalue weighted by Crippen LogP contribution is 2.22. The molecule has 1 aliphatic heterocycles. The van der Waals surface area contributed by atoms with Crippen LogP contribution >= 0.6 is 0 Å². The summed E-state index contributed by atoms with van der Waals surface area (Å²) in [5, 5.41) is 7.99. The van der Waals surface area contributed by atoms with Crippen LogP contribution in [0.1, 0.15) is 39.3 Å². The van der Waals surface area contributed by atoms with Gasteiger partial charge in [-0.1, -0.05) is 6.92 Å². The summed E-state index contributed by atoms with van der Waals surface area (Å²) in [6, 6.07) is 1.61. The van der Waals surface area contributed by atoms with E-state index in [-0.39, 0.29) is 0 Å². The Balaban J connectivity index is 1.93. The van der Waals surface area contributed by atoms with Crippen molar-refractivity contribution in [2.24, 2.45) is 13.0 Å². The zero-order valence-corrected chi connectivity index (χ0v) is 12.2. The van der Waals surface area contributed by atoms with Gasteiger partial charge in [0.2, 0.25) is 0 Å². The molecule has 1 saturated heterocycles. The van der Waals surface area contributed by atoms with E-state index in [1.54, 1.807) is 0 Å². The number of hydrogen-bond donors (Lipinski definition) is 1. The molecule has 1 N–H and O–H groups in total. The molecule has 0 aromatic carbocycles. The molecule has 18 heavy (non-hydrogen) atoms. The zero-order chi connectivity index (χ0) is 13.3. The molecule has 2 heterocycles. The lowest BCUT2D eigenvalue weighted by Crippen LogP contribution is -2.38. The minimum atomic E-state index is 0.373. The summed E-state index contributed by atoms with van der Waals surface area (Å²) in [5.41, 5.74) is 1.27. The first kappa shape index (κ1) is 13.6. The third-order valence-corrected chi connectivity index (χ3v) is 4.06. The van der Waals surface area contributed by atoms with Gasteiger partial charge in [0.1, 0.15) is 0 Å². The van der Waals surface area contributed by atoms with Crippen LogP contribution in [0.5, 0.6) is 0 Å². The van der Waals surface area contributed by atoms with E-state index in [9.17, 15) is 0 Å². The zero-order valence-electron chi connectivity index (χ0n) is 12.2. The Labute approximate surface area is 110 Å². The average molecular weight is 250 g/mol. The largest absolute Gasteiger partial charge is 0.306 e. The first-order chi connectivity index (χ1) is 8.47. The van der Waals surface area contributed by atoms with Crippen molar-refractivity contribution in [2.75, 3.05) is 13.1 Å². The standard InChI is InChI=1S/C14H26N4/c1-10(2)18-7-11(3)14(9-18)16-12(4)13-6-15-17(5)8-13/h6,8,10-12,14,16H,7,9H2,1-5H3/t11-,12-,14+/m0/s1. The molecule has 102 valence electrons. The summed E-state index contributed by atoms with van der Waals surface area (Å²) in [5.74, 6) is 0.714. The Kier molecular flexibility index (Phi) is 4.07. The predicted octanol–water partition coefficient (Wildman–Crippen LogP) is 1.80. The topological polar surface area (TPSA) is 33.1 Å². The fourth-order valence-corrected chi connectivity index (χ4v) is 2.72. The molecule has 0 aliphatic carbocycles. The van der Waals surface area contributed by atoms with Crippen LogP contribution in [0, 0.1) is 5.92 Å². The van der Waals surface area contributed by atoms with Crippen LogP contribution in [0.2, 0.25) is 0 Å². The fraction of sp³-hybridized carbons (Fsp3) is 0.786. The summed E-state index contributed by atoms with van der Waals surface area (Å²) in [6.07, 6.45) is 4.05. The summed E-state index contributed by atoms with van der Waals surface area (Å²) in [7, 11) is 1.97. The Bertz CT molecular complexity index is 385. The van der Waals surface area contributed by atoms with Crippen LogP contribution in [0.15, 0.2) is 12.4 Å². The van der Waals surface area contributed by atoms with Crippen molar-refractivity contribution >= 4 is 0 Å². The molecular formula is C14H26N4. The lowest BCUT2D eigenvalue weighted by atomic mass is 10.0. The molecule has 1 aliphatic rings. The minimum absolute atomic E-state index is 0.373. The fourth-order valence-electron chi connectivity index (χ4n) is 2.72. The van der Waals surface area contributed by atoms with Crippen molar-refractivity contribution in [3.63, 3.8) is 0 Å². The molecule has 0 amide bonds. The summed E-state index contributed by atoms with van der Waals surface area (Å²) in [6.45, 7) is 11.5. The van der Waals surface area contributed by atoms with E-state index < -0.39 is 0 Å². The smallest absolute Gasteiger partial charge is 0.0537 e. The maximum atomic E-state index is 4.24. The van der Waals surface area contributed by atoms with Crippen molar-refractivity contribution in [3.05, 3.63) is 18.0 Å². The normalized spacial score (nSPS) is 27.0. The Morgan fingerprint density at radius 1 is 1.33 bits per heavy atom. The second kappa shape index (κ2) is 5.41. The highest BCUT2D eigenvalue weighted by molar-refractivity contribution is 5.10. The van der Waals surface area contributed by atoms with E-state index in [0.29, 0.717) is 24.0 Å². The maximum absolute atomic E-state index is 4.24. The highest BCUT2D eigenvalue weighted by atomic mass is 15.2. The lowest BCUT2D eigenvalue weighted by Gasteiger charge is -2.22. The van der Waals surface area contributed by atoms with Crippen LogP contribution in [0.4, 0.5) is 0 Å². The van der Waals surface area contributed by atoms with Gasteiger partial charge < -0.3 is 5.32 Å². The number of nitrogens with one attached hydrogen (secondary N) is 1. The minimum Gasteiger partial charge on any atom is -0.306 e. The van der Waals surface area contributed by atoms with Gasteiger partial charge in [-0.2, -0.15) is 5.10 Å². The van der Waals surface area contributed by atoms with E-state index in [4.69, 9.17) is 0 Å². The predicted molar refractivity (Wildman–Crippen MR) is 74.4 cm³/mol. The number of aromatic nitrogens is 2. The van der Waals surface area contributed by atoms with Crippen molar-refractivity contribution in [1.29, 1.82) is 0 Å². The Morgan fingerprint density at radius 3 is 2.56 bits per heavy atom. The van der Waals surface area contributed by atoms with Crippen LogP contribution in [-0.2, 0) is 7.05 Å². The van der Waals surface area contributed by atoms with Crippen molar-refractivity contribution < 1.29 is 0 Å². The van der Waals surface area contributed by atoms with Crippen molar-refractivity contribution in [2.45, 2.75) is 45.8 Å². The maximum Gasteiger partial charge on any atom is 0.0537 e. The quantitative estimate of drug-likeness (QED) is 0.884. The van der Waals surface area contributed by atoms with Crippen LogP contribution in [0.3, 0.4) is 0 Å². The third-order valence-electron chi connectivity index (χ3n) is 4.06. The van der Waals surface area contributed by atoms with Gasteiger partial charge in [0.25, 0.3) is 0 Å². The van der Waals surface area contributed by atoms with Gasteiger partial charge in [0.05, 0.1) is 6.20 Å². The van der Waals surface area contributed by atoms with E-state index >= 15 is 0 Å². The van der Waals surface area contributed by atoms with Gasteiger partial charge in [-0.25, -0.2) is 0 Å². The molecule has 2 rings (SSSR count). The summed E-state index contributed by atoms with van der Waals surface area (Å²) in [4.78, 5) is 2.55. The first-order valence-corrected chi connectivity index (χ1v) is 6.96. The molecule has 4 heteroatoms. The summed E-state index contributed by atoms with van der Waals surface area (Å²) >= 11 is 0. The summed E-state index contributed by atoms with van der Waals surface area (Å²) < 4.78 is 1.87. The molecule has 1 fully saturated rings. The molecule has 0 saturated carbocycles. The van der Waals surface area contributed by atoms with E-state index in [2.05, 4.69) is 49.2 Å². The van der Waals surface area contributed by atoms with Gasteiger partial charge in [-0.3, -0.25) is 9.58 Å². The molecule has 3 atom stereocenters. The second-order valence-corrected chi connectivity index (χ2v) is 5.97. The van der Waals surface area contributed by atoms with Gasteiger partial charge >= 0.3 is 0 Å². The number of rotatable bonds is 4. The average Bonchev–Trinajstić information content (AvgIpc) is 2.86. The second-order valence-electron chi connectivity index (χ2n) is 5.97. The van der Waals surface area contributed by atoms with Crippen molar-refractivity contribution in [1.82, 2.24) is 20.0 Å². The van der Waals surface area contributed by atoms with Crippen LogP contribution in [-0.4, -0.2) is 39.9 Å². The number of likely N-dealkylation sites (tertiary alicyclic amines) is 1. The number of hydrogen-bond acceptors (Lipinski definition) is 3. The Morgan fingerprint density at radius 2 is 2.06 bits per heavy atom. The number of nitrogens with zero attached hydrogens (tertiary/aromatic N) is 3. The van der Waals surface area contributed by atoms with Gasteiger partial charge in [0, 0.05) is 50.0 Å².